The molecule has 0 saturated carbocycles. The Hall–Kier alpha value is -2.76. The fourth-order valence-electron chi connectivity index (χ4n) is 3.09. The van der Waals surface area contributed by atoms with Gasteiger partial charge in [0.15, 0.2) is 5.13 Å². The van der Waals surface area contributed by atoms with Crippen molar-refractivity contribution in [2.45, 2.75) is 33.1 Å². The average molecular weight is 471 g/mol. The molecule has 0 unspecified atom stereocenters. The highest BCUT2D eigenvalue weighted by Gasteiger charge is 2.14. The van der Waals surface area contributed by atoms with Gasteiger partial charge in [-0.25, -0.2) is 4.98 Å². The first-order valence-electron chi connectivity index (χ1n) is 8.99. The zero-order chi connectivity index (χ0) is 21.0. The summed E-state index contributed by atoms with van der Waals surface area (Å²) in [7, 11) is 0. The molecule has 2 heterocycles. The Balaban J connectivity index is 1.61. The number of aromatic nitrogens is 2. The van der Waals surface area contributed by atoms with E-state index >= 15 is 0 Å². The molecular formula is C21H19BrN4O2S. The van der Waals surface area contributed by atoms with Crippen molar-refractivity contribution < 1.29 is 4.79 Å². The van der Waals surface area contributed by atoms with E-state index in [9.17, 15) is 9.59 Å². The summed E-state index contributed by atoms with van der Waals surface area (Å²) in [5.74, 6) is -0.155. The maximum atomic E-state index is 12.3. The molecule has 3 aromatic rings. The highest BCUT2D eigenvalue weighted by molar-refractivity contribution is 9.10. The van der Waals surface area contributed by atoms with Gasteiger partial charge in [0.2, 0.25) is 5.91 Å². The van der Waals surface area contributed by atoms with Crippen molar-refractivity contribution in [2.24, 2.45) is 0 Å². The number of nitrogens with one attached hydrogen (secondary N) is 2. The molecule has 3 rings (SSSR count). The van der Waals surface area contributed by atoms with Gasteiger partial charge in [-0.2, -0.15) is 5.26 Å². The SMILES string of the molecule is Cc1[nH]c(=O)c(C#N)c(C)c1CCC(=O)Nc1ncc(Cc2ccc(Br)cc2)s1. The number of hydrogen-bond acceptors (Lipinski definition) is 5. The van der Waals surface area contributed by atoms with Crippen molar-refractivity contribution in [1.29, 1.82) is 5.26 Å². The van der Waals surface area contributed by atoms with Crippen LogP contribution in [-0.2, 0) is 17.6 Å². The Kier molecular flexibility index (Phi) is 6.62. The first kappa shape index (κ1) is 21.0. The van der Waals surface area contributed by atoms with Gasteiger partial charge in [0, 0.05) is 34.1 Å². The van der Waals surface area contributed by atoms with E-state index in [0.29, 0.717) is 22.8 Å². The lowest BCUT2D eigenvalue weighted by Gasteiger charge is -2.10. The number of aryl methyl sites for hydroxylation is 1. The van der Waals surface area contributed by atoms with Gasteiger partial charge in [0.1, 0.15) is 11.6 Å². The number of H-pyrrole nitrogens is 1. The molecule has 0 fully saturated rings. The van der Waals surface area contributed by atoms with Crippen LogP contribution >= 0.6 is 27.3 Å². The summed E-state index contributed by atoms with van der Waals surface area (Å²) >= 11 is 4.87. The number of aromatic amines is 1. The van der Waals surface area contributed by atoms with E-state index in [0.717, 1.165) is 21.3 Å². The van der Waals surface area contributed by atoms with E-state index in [1.54, 1.807) is 20.0 Å². The molecule has 0 aliphatic rings. The lowest BCUT2D eigenvalue weighted by molar-refractivity contribution is -0.116. The minimum atomic E-state index is -0.392. The number of nitrogens with zero attached hydrogens (tertiary/aromatic N) is 2. The number of rotatable bonds is 6. The molecule has 0 spiro atoms. The van der Waals surface area contributed by atoms with Crippen molar-refractivity contribution in [1.82, 2.24) is 9.97 Å². The molecule has 6 nitrogen and oxygen atoms in total. The lowest BCUT2D eigenvalue weighted by atomic mass is 9.99. The third kappa shape index (κ3) is 5.19. The fourth-order valence-corrected chi connectivity index (χ4v) is 4.22. The molecule has 0 atom stereocenters. The zero-order valence-electron chi connectivity index (χ0n) is 16.0. The number of benzene rings is 1. The number of amides is 1. The Labute approximate surface area is 180 Å². The van der Waals surface area contributed by atoms with Crippen molar-refractivity contribution >= 4 is 38.3 Å². The minimum Gasteiger partial charge on any atom is -0.325 e. The number of nitriles is 1. The highest BCUT2D eigenvalue weighted by Crippen LogP contribution is 2.22. The number of pyridine rings is 1. The number of anilines is 1. The molecule has 0 aliphatic heterocycles. The van der Waals surface area contributed by atoms with Gasteiger partial charge >= 0.3 is 0 Å². The maximum Gasteiger partial charge on any atom is 0.266 e. The van der Waals surface area contributed by atoms with Crippen molar-refractivity contribution in [3.63, 3.8) is 0 Å². The van der Waals surface area contributed by atoms with Gasteiger partial charge in [-0.15, -0.1) is 11.3 Å². The normalized spacial score (nSPS) is 10.6. The predicted octanol–water partition coefficient (Wildman–Crippen LogP) is 4.24. The number of carbonyl (C=O) groups excluding carboxylic acids is 1. The second-order valence-corrected chi connectivity index (χ2v) is 8.68. The maximum absolute atomic E-state index is 12.3. The molecule has 2 aromatic heterocycles. The molecule has 0 aliphatic carbocycles. The average Bonchev–Trinajstić information content (AvgIpc) is 3.10. The summed E-state index contributed by atoms with van der Waals surface area (Å²) in [5, 5.41) is 12.5. The standard InChI is InChI=1S/C21H19BrN4O2S/c1-12-17(13(2)25-20(28)18(12)10-23)7-8-19(27)26-21-24-11-16(29-21)9-14-3-5-15(22)6-4-14/h3-6,11H,7-9H2,1-2H3,(H,25,28)(H,24,26,27). The van der Waals surface area contributed by atoms with Crippen LogP contribution in [0.5, 0.6) is 0 Å². The topological polar surface area (TPSA) is 98.6 Å². The van der Waals surface area contributed by atoms with E-state index in [1.165, 1.54) is 16.9 Å². The van der Waals surface area contributed by atoms with Crippen molar-refractivity contribution in [3.05, 3.63) is 78.1 Å². The largest absolute Gasteiger partial charge is 0.325 e. The number of hydrogen-bond donors (Lipinski definition) is 2. The molecular weight excluding hydrogens is 452 g/mol. The van der Waals surface area contributed by atoms with Crippen LogP contribution in [0.25, 0.3) is 0 Å². The van der Waals surface area contributed by atoms with Gasteiger partial charge in [0.05, 0.1) is 0 Å². The first-order valence-corrected chi connectivity index (χ1v) is 10.6. The van der Waals surface area contributed by atoms with Gasteiger partial charge in [-0.1, -0.05) is 28.1 Å². The Morgan fingerprint density at radius 3 is 2.72 bits per heavy atom. The van der Waals surface area contributed by atoms with E-state index in [2.05, 4.69) is 31.2 Å². The third-order valence-corrected chi connectivity index (χ3v) is 6.06. The Morgan fingerprint density at radius 2 is 2.03 bits per heavy atom. The number of halogens is 1. The van der Waals surface area contributed by atoms with Crippen LogP contribution in [0, 0.1) is 25.2 Å². The number of thiazole rings is 1. The van der Waals surface area contributed by atoms with E-state index in [4.69, 9.17) is 5.26 Å². The monoisotopic (exact) mass is 470 g/mol. The van der Waals surface area contributed by atoms with Crippen LogP contribution in [0.2, 0.25) is 0 Å². The summed E-state index contributed by atoms with van der Waals surface area (Å²) in [5.41, 5.74) is 3.02. The smallest absolute Gasteiger partial charge is 0.266 e. The Bertz CT molecular complexity index is 1140. The molecule has 0 saturated heterocycles. The second-order valence-electron chi connectivity index (χ2n) is 6.65. The summed E-state index contributed by atoms with van der Waals surface area (Å²) in [4.78, 5) is 32.2. The van der Waals surface area contributed by atoms with Crippen LogP contribution in [0.3, 0.4) is 0 Å². The zero-order valence-corrected chi connectivity index (χ0v) is 18.4. The molecule has 148 valence electrons. The molecule has 0 radical (unpaired) electrons. The quantitative estimate of drug-likeness (QED) is 0.562. The van der Waals surface area contributed by atoms with Gasteiger partial charge in [-0.3, -0.25) is 9.59 Å². The van der Waals surface area contributed by atoms with Gasteiger partial charge < -0.3 is 10.3 Å². The first-order chi connectivity index (χ1) is 13.9. The van der Waals surface area contributed by atoms with E-state index in [1.807, 2.05) is 30.3 Å². The van der Waals surface area contributed by atoms with Gasteiger partial charge in [-0.05, 0) is 49.1 Å². The summed E-state index contributed by atoms with van der Waals surface area (Å²) in [6, 6.07) is 10.0. The molecule has 8 heteroatoms. The lowest BCUT2D eigenvalue weighted by Crippen LogP contribution is -2.18. The van der Waals surface area contributed by atoms with Crippen LogP contribution < -0.4 is 10.9 Å². The molecule has 0 bridgehead atoms. The highest BCUT2D eigenvalue weighted by atomic mass is 79.9. The molecule has 29 heavy (non-hydrogen) atoms. The van der Waals surface area contributed by atoms with Crippen molar-refractivity contribution in [3.8, 4) is 6.07 Å². The summed E-state index contributed by atoms with van der Waals surface area (Å²) in [6.45, 7) is 3.52. The Morgan fingerprint density at radius 1 is 1.31 bits per heavy atom. The van der Waals surface area contributed by atoms with Crippen LogP contribution in [-0.4, -0.2) is 15.9 Å². The van der Waals surface area contributed by atoms with E-state index in [-0.39, 0.29) is 17.9 Å². The predicted molar refractivity (Wildman–Crippen MR) is 117 cm³/mol. The van der Waals surface area contributed by atoms with Crippen LogP contribution in [0.4, 0.5) is 5.13 Å². The molecule has 2 N–H and O–H groups in total. The van der Waals surface area contributed by atoms with Crippen LogP contribution in [0.15, 0.2) is 39.7 Å². The molecule has 1 amide bonds. The number of carbonyl (C=O) groups is 1. The molecule has 1 aromatic carbocycles. The minimum absolute atomic E-state index is 0.100. The van der Waals surface area contributed by atoms with Crippen LogP contribution in [0.1, 0.15) is 39.2 Å². The van der Waals surface area contributed by atoms with Gasteiger partial charge in [0.25, 0.3) is 5.56 Å². The second kappa shape index (κ2) is 9.16. The fraction of sp³-hybridized carbons (Fsp3) is 0.238. The van der Waals surface area contributed by atoms with E-state index < -0.39 is 5.56 Å². The summed E-state index contributed by atoms with van der Waals surface area (Å²) < 4.78 is 1.04. The van der Waals surface area contributed by atoms with Crippen molar-refractivity contribution in [2.75, 3.05) is 5.32 Å². The summed E-state index contributed by atoms with van der Waals surface area (Å²) in [6.07, 6.45) is 3.21. The third-order valence-electron chi connectivity index (χ3n) is 4.61.